The lowest BCUT2D eigenvalue weighted by Gasteiger charge is -2.27. The van der Waals surface area contributed by atoms with Gasteiger partial charge in [-0.1, -0.05) is 31.2 Å². The predicted molar refractivity (Wildman–Crippen MR) is 156 cm³/mol. The number of carbonyl (C=O) groups is 3. The number of fused-ring (bicyclic) bond motifs is 2. The van der Waals surface area contributed by atoms with E-state index in [9.17, 15) is 23.2 Å². The summed E-state index contributed by atoms with van der Waals surface area (Å²) in [6.45, 7) is 6.88. The van der Waals surface area contributed by atoms with Crippen LogP contribution in [0.25, 0.3) is 0 Å². The van der Waals surface area contributed by atoms with E-state index in [1.807, 2.05) is 20.8 Å². The van der Waals surface area contributed by atoms with Crippen LogP contribution in [0.4, 0.5) is 14.5 Å². The number of halogens is 2. The molecule has 0 bridgehead atoms. The zero-order chi connectivity index (χ0) is 30.9. The summed E-state index contributed by atoms with van der Waals surface area (Å²) in [5.74, 6) is -3.16. The average molecular weight is 591 g/mol. The molecule has 2 aliphatic heterocycles. The second-order valence-electron chi connectivity index (χ2n) is 11.6. The number of rotatable bonds is 7. The Morgan fingerprint density at radius 1 is 1.02 bits per heavy atom. The zero-order valence-corrected chi connectivity index (χ0v) is 24.2. The van der Waals surface area contributed by atoms with Crippen LogP contribution in [0.15, 0.2) is 65.7 Å². The van der Waals surface area contributed by atoms with Crippen LogP contribution in [0, 0.1) is 17.6 Å². The first kappa shape index (κ1) is 29.7. The van der Waals surface area contributed by atoms with Gasteiger partial charge in [-0.3, -0.25) is 19.3 Å². The maximum absolute atomic E-state index is 14.1. The number of benzodiazepines with no additional fused rings is 1. The number of ether oxygens (including phenoxy) is 2. The van der Waals surface area contributed by atoms with Crippen LogP contribution in [0.2, 0.25) is 0 Å². The Balaban J connectivity index is 1.51. The first-order chi connectivity index (χ1) is 20.4. The molecule has 2 heterocycles. The van der Waals surface area contributed by atoms with E-state index < -0.39 is 41.1 Å². The molecule has 11 heteroatoms. The Morgan fingerprint density at radius 2 is 1.77 bits per heavy atom. The number of benzene rings is 3. The molecule has 0 spiro atoms. The van der Waals surface area contributed by atoms with Crippen molar-refractivity contribution in [2.45, 2.75) is 45.8 Å². The highest BCUT2D eigenvalue weighted by Crippen LogP contribution is 2.35. The average Bonchev–Trinajstić information content (AvgIpc) is 3.39. The molecule has 0 aromatic heterocycles. The van der Waals surface area contributed by atoms with Gasteiger partial charge < -0.3 is 20.1 Å². The topological polar surface area (TPSA) is 109 Å². The number of carbonyl (C=O) groups excluding carboxylic acids is 3. The minimum atomic E-state index is -1.39. The minimum Gasteiger partial charge on any atom is -0.454 e. The predicted octanol–water partition coefficient (Wildman–Crippen LogP) is 4.11. The molecular weight excluding hydrogens is 558 g/mol. The third-order valence-corrected chi connectivity index (χ3v) is 6.92. The summed E-state index contributed by atoms with van der Waals surface area (Å²) < 4.78 is 38.2. The van der Waals surface area contributed by atoms with E-state index in [0.717, 1.165) is 12.1 Å². The van der Waals surface area contributed by atoms with Crippen molar-refractivity contribution in [1.82, 2.24) is 10.6 Å². The maximum atomic E-state index is 14.1. The molecule has 0 saturated heterocycles. The smallest absolute Gasteiger partial charge is 0.272 e. The molecule has 0 saturated carbocycles. The molecule has 224 valence electrons. The van der Waals surface area contributed by atoms with Crippen molar-refractivity contribution in [2.24, 2.45) is 10.9 Å². The van der Waals surface area contributed by atoms with Gasteiger partial charge in [0.05, 0.1) is 11.4 Å². The van der Waals surface area contributed by atoms with Crippen LogP contribution in [0.1, 0.15) is 44.4 Å². The lowest BCUT2D eigenvalue weighted by Crippen LogP contribution is -2.52. The van der Waals surface area contributed by atoms with E-state index in [1.54, 1.807) is 49.4 Å². The third kappa shape index (κ3) is 6.66. The lowest BCUT2D eigenvalue weighted by molar-refractivity contribution is -0.130. The van der Waals surface area contributed by atoms with Crippen molar-refractivity contribution in [3.05, 3.63) is 89.0 Å². The van der Waals surface area contributed by atoms with Crippen molar-refractivity contribution < 1.29 is 32.6 Å². The summed E-state index contributed by atoms with van der Waals surface area (Å²) in [5, 5.41) is 5.59. The highest BCUT2D eigenvalue weighted by molar-refractivity contribution is 6.21. The SMILES string of the molecule is C[C@@H](Cc1ccc(F)c(F)c1)C(=O)NC1N=C(c2ccc3c(c2)OCO3)c2ccccc2N(CC(=O)NC(C)(C)C)C1=O. The molecular formula is C32H32F2N4O5. The first-order valence-corrected chi connectivity index (χ1v) is 13.8. The molecule has 0 radical (unpaired) electrons. The van der Waals surface area contributed by atoms with E-state index in [4.69, 9.17) is 14.5 Å². The Bertz CT molecular complexity index is 1620. The molecule has 1 unspecified atom stereocenters. The Labute approximate surface area is 247 Å². The first-order valence-electron chi connectivity index (χ1n) is 13.8. The van der Waals surface area contributed by atoms with E-state index >= 15 is 0 Å². The zero-order valence-electron chi connectivity index (χ0n) is 24.2. The number of aliphatic imine (C=N–C) groups is 1. The summed E-state index contributed by atoms with van der Waals surface area (Å²) >= 11 is 0. The van der Waals surface area contributed by atoms with Gasteiger partial charge in [0, 0.05) is 22.6 Å². The van der Waals surface area contributed by atoms with E-state index in [2.05, 4.69) is 10.6 Å². The quantitative estimate of drug-likeness (QED) is 0.431. The second kappa shape index (κ2) is 11.8. The van der Waals surface area contributed by atoms with Gasteiger partial charge in [-0.25, -0.2) is 13.8 Å². The standard InChI is InChI=1S/C32H32F2N4O5/c1-18(13-19-9-11-22(33)23(34)14-19)30(40)36-29-31(41)38(16-27(39)37-32(2,3)4)24-8-6-5-7-21(24)28(35-29)20-10-12-25-26(15-20)43-17-42-25/h5-12,14-15,18,29H,13,16-17H2,1-4H3,(H,36,40)(H,37,39)/t18-,29?/m0/s1. The Kier molecular flexibility index (Phi) is 8.16. The summed E-state index contributed by atoms with van der Waals surface area (Å²) in [7, 11) is 0. The van der Waals surface area contributed by atoms with E-state index in [-0.39, 0.29) is 25.7 Å². The molecule has 0 aliphatic carbocycles. The number of para-hydroxylation sites is 1. The largest absolute Gasteiger partial charge is 0.454 e. The van der Waals surface area contributed by atoms with Gasteiger partial charge in [0.25, 0.3) is 5.91 Å². The number of nitrogens with one attached hydrogen (secondary N) is 2. The molecule has 9 nitrogen and oxygen atoms in total. The minimum absolute atomic E-state index is 0.0749. The monoisotopic (exact) mass is 590 g/mol. The van der Waals surface area contributed by atoms with Crippen LogP contribution in [-0.4, -0.2) is 48.5 Å². The molecule has 5 rings (SSSR count). The van der Waals surface area contributed by atoms with Crippen LogP contribution in [0.5, 0.6) is 11.5 Å². The fourth-order valence-electron chi connectivity index (χ4n) is 4.95. The number of anilines is 1. The van der Waals surface area contributed by atoms with Crippen molar-refractivity contribution in [3.8, 4) is 11.5 Å². The summed E-state index contributed by atoms with van der Waals surface area (Å²) in [6.07, 6.45) is -1.30. The van der Waals surface area contributed by atoms with Gasteiger partial charge in [-0.15, -0.1) is 0 Å². The number of amides is 3. The molecule has 2 atom stereocenters. The van der Waals surface area contributed by atoms with Gasteiger partial charge in [0.2, 0.25) is 24.8 Å². The van der Waals surface area contributed by atoms with Crippen LogP contribution >= 0.6 is 0 Å². The third-order valence-electron chi connectivity index (χ3n) is 6.92. The van der Waals surface area contributed by atoms with E-state index in [0.29, 0.717) is 39.6 Å². The van der Waals surface area contributed by atoms with Crippen LogP contribution < -0.4 is 25.0 Å². The molecule has 2 N–H and O–H groups in total. The van der Waals surface area contributed by atoms with E-state index in [1.165, 1.54) is 11.0 Å². The molecule has 43 heavy (non-hydrogen) atoms. The fraction of sp³-hybridized carbons (Fsp3) is 0.312. The normalized spacial score (nSPS) is 16.6. The van der Waals surface area contributed by atoms with Gasteiger partial charge in [-0.05, 0) is 69.2 Å². The van der Waals surface area contributed by atoms with Crippen molar-refractivity contribution in [3.63, 3.8) is 0 Å². The van der Waals surface area contributed by atoms with Gasteiger partial charge in [-0.2, -0.15) is 0 Å². The molecule has 3 aromatic carbocycles. The molecule has 2 aliphatic rings. The van der Waals surface area contributed by atoms with Gasteiger partial charge in [0.15, 0.2) is 23.1 Å². The Hall–Kier alpha value is -4.80. The highest BCUT2D eigenvalue weighted by atomic mass is 19.2. The Morgan fingerprint density at radius 3 is 2.51 bits per heavy atom. The van der Waals surface area contributed by atoms with Crippen molar-refractivity contribution in [2.75, 3.05) is 18.2 Å². The summed E-state index contributed by atoms with van der Waals surface area (Å²) in [5.41, 5.74) is 1.91. The highest BCUT2D eigenvalue weighted by Gasteiger charge is 2.35. The number of hydrogen-bond donors (Lipinski definition) is 2. The van der Waals surface area contributed by atoms with Crippen LogP contribution in [-0.2, 0) is 20.8 Å². The molecule has 3 amide bonds. The fourth-order valence-corrected chi connectivity index (χ4v) is 4.95. The summed E-state index contributed by atoms with van der Waals surface area (Å²) in [6, 6.07) is 15.8. The molecule has 0 fully saturated rings. The van der Waals surface area contributed by atoms with Crippen molar-refractivity contribution in [1.29, 1.82) is 0 Å². The summed E-state index contributed by atoms with van der Waals surface area (Å²) in [4.78, 5) is 46.5. The maximum Gasteiger partial charge on any atom is 0.272 e. The van der Waals surface area contributed by atoms with Gasteiger partial charge in [0.1, 0.15) is 6.54 Å². The van der Waals surface area contributed by atoms with Gasteiger partial charge >= 0.3 is 0 Å². The van der Waals surface area contributed by atoms with Crippen LogP contribution in [0.3, 0.4) is 0 Å². The lowest BCUT2D eigenvalue weighted by atomic mass is 9.99. The number of nitrogens with zero attached hydrogens (tertiary/aromatic N) is 2. The second-order valence-corrected chi connectivity index (χ2v) is 11.6. The molecule has 3 aromatic rings. The number of hydrogen-bond acceptors (Lipinski definition) is 6. The van der Waals surface area contributed by atoms with Crippen molar-refractivity contribution >= 4 is 29.1 Å².